The molecule has 0 aliphatic rings. The van der Waals surface area contributed by atoms with Gasteiger partial charge in [0, 0.05) is 32.4 Å². The third-order valence-electron chi connectivity index (χ3n) is 2.76. The molecule has 0 unspecified atom stereocenters. The zero-order valence-electron chi connectivity index (χ0n) is 11.9. The van der Waals surface area contributed by atoms with Crippen LogP contribution in [0.4, 0.5) is 5.82 Å². The quantitative estimate of drug-likeness (QED) is 0.733. The van der Waals surface area contributed by atoms with Gasteiger partial charge in [0.05, 0.1) is 0 Å². The molecule has 0 aromatic carbocycles. The molecule has 0 radical (unpaired) electrons. The number of hydrogen-bond donors (Lipinski definition) is 1. The van der Waals surface area contributed by atoms with Crippen molar-refractivity contribution < 1.29 is 0 Å². The van der Waals surface area contributed by atoms with Gasteiger partial charge in [-0.1, -0.05) is 19.9 Å². The lowest BCUT2D eigenvalue weighted by Crippen LogP contribution is -2.22. The van der Waals surface area contributed by atoms with Crippen LogP contribution in [0.25, 0.3) is 0 Å². The third kappa shape index (κ3) is 5.74. The molecule has 0 aliphatic heterocycles. The van der Waals surface area contributed by atoms with Crippen LogP contribution < -0.4 is 10.2 Å². The Balaban J connectivity index is 2.43. The summed E-state index contributed by atoms with van der Waals surface area (Å²) in [5.74, 6) is 2.27. The Kier molecular flexibility index (Phi) is 7.13. The number of nitrogens with one attached hydrogen (secondary N) is 1. The lowest BCUT2D eigenvalue weighted by molar-refractivity contribution is 0.588. The zero-order chi connectivity index (χ0) is 13.4. The van der Waals surface area contributed by atoms with E-state index in [0.29, 0.717) is 6.04 Å². The maximum atomic E-state index is 4.51. The predicted molar refractivity (Wildman–Crippen MR) is 82.5 cm³/mol. The normalized spacial score (nSPS) is 10.9. The van der Waals surface area contributed by atoms with Crippen LogP contribution in [0.1, 0.15) is 25.8 Å². The van der Waals surface area contributed by atoms with Gasteiger partial charge in [0.25, 0.3) is 0 Å². The summed E-state index contributed by atoms with van der Waals surface area (Å²) in [5, 5.41) is 3.40. The standard InChI is InChI=1S/C14H25N3S/c1-12(2)15-10-13-6-7-14(16-11-13)17(3)8-5-9-18-4/h6-7,11-12,15H,5,8-10H2,1-4H3. The molecule has 0 saturated heterocycles. The average molecular weight is 267 g/mol. The topological polar surface area (TPSA) is 28.2 Å². The lowest BCUT2D eigenvalue weighted by Gasteiger charge is -2.18. The molecule has 0 amide bonds. The molecule has 0 atom stereocenters. The fourth-order valence-electron chi connectivity index (χ4n) is 1.63. The van der Waals surface area contributed by atoms with Crippen molar-refractivity contribution in [3.05, 3.63) is 23.9 Å². The summed E-state index contributed by atoms with van der Waals surface area (Å²) in [7, 11) is 2.11. The van der Waals surface area contributed by atoms with E-state index in [4.69, 9.17) is 0 Å². The van der Waals surface area contributed by atoms with Gasteiger partial charge in [0.1, 0.15) is 5.82 Å². The van der Waals surface area contributed by atoms with Gasteiger partial charge in [-0.3, -0.25) is 0 Å². The van der Waals surface area contributed by atoms with E-state index >= 15 is 0 Å². The van der Waals surface area contributed by atoms with Crippen LogP contribution in [0.5, 0.6) is 0 Å². The van der Waals surface area contributed by atoms with Crippen LogP contribution in [-0.2, 0) is 6.54 Å². The summed E-state index contributed by atoms with van der Waals surface area (Å²) in [6.45, 7) is 6.27. The Morgan fingerprint density at radius 1 is 1.39 bits per heavy atom. The SMILES string of the molecule is CSCCCN(C)c1ccc(CNC(C)C)cn1. The minimum atomic E-state index is 0.513. The molecule has 4 heteroatoms. The Bertz CT molecular complexity index is 324. The van der Waals surface area contributed by atoms with E-state index < -0.39 is 0 Å². The molecule has 1 N–H and O–H groups in total. The van der Waals surface area contributed by atoms with Gasteiger partial charge in [-0.25, -0.2) is 4.98 Å². The fourth-order valence-corrected chi connectivity index (χ4v) is 2.05. The molecule has 1 heterocycles. The van der Waals surface area contributed by atoms with Crippen LogP contribution in [0.2, 0.25) is 0 Å². The van der Waals surface area contributed by atoms with Crippen molar-refractivity contribution in [2.45, 2.75) is 32.9 Å². The van der Waals surface area contributed by atoms with E-state index in [9.17, 15) is 0 Å². The molecule has 1 aromatic rings. The molecular weight excluding hydrogens is 242 g/mol. The molecule has 0 bridgehead atoms. The van der Waals surface area contributed by atoms with E-state index in [0.717, 1.165) is 18.9 Å². The molecule has 1 aromatic heterocycles. The van der Waals surface area contributed by atoms with Crippen molar-refractivity contribution >= 4 is 17.6 Å². The highest BCUT2D eigenvalue weighted by Crippen LogP contribution is 2.10. The summed E-state index contributed by atoms with van der Waals surface area (Å²) in [5.41, 5.74) is 1.24. The van der Waals surface area contributed by atoms with Crippen molar-refractivity contribution in [1.29, 1.82) is 0 Å². The highest BCUT2D eigenvalue weighted by molar-refractivity contribution is 7.98. The average Bonchev–Trinajstić information content (AvgIpc) is 2.37. The number of rotatable bonds is 8. The number of anilines is 1. The Morgan fingerprint density at radius 2 is 2.17 bits per heavy atom. The molecule has 0 aliphatic carbocycles. The summed E-state index contributed by atoms with van der Waals surface area (Å²) < 4.78 is 0. The molecule has 1 rings (SSSR count). The highest BCUT2D eigenvalue weighted by Gasteiger charge is 2.02. The van der Waals surface area contributed by atoms with Crippen LogP contribution in [0.3, 0.4) is 0 Å². The predicted octanol–water partition coefficient (Wildman–Crippen LogP) is 2.77. The molecule has 0 spiro atoms. The van der Waals surface area contributed by atoms with Crippen LogP contribution in [0.15, 0.2) is 18.3 Å². The molecule has 18 heavy (non-hydrogen) atoms. The number of thioether (sulfide) groups is 1. The summed E-state index contributed by atoms with van der Waals surface area (Å²) in [6, 6.07) is 4.78. The second kappa shape index (κ2) is 8.38. The number of nitrogens with zero attached hydrogens (tertiary/aromatic N) is 2. The molecule has 0 saturated carbocycles. The van der Waals surface area contributed by atoms with Gasteiger partial charge in [-0.05, 0) is 30.1 Å². The summed E-state index contributed by atoms with van der Waals surface area (Å²) in [6.07, 6.45) is 5.32. The van der Waals surface area contributed by atoms with Crippen molar-refractivity contribution in [3.8, 4) is 0 Å². The number of pyridine rings is 1. The van der Waals surface area contributed by atoms with E-state index in [1.165, 1.54) is 17.7 Å². The van der Waals surface area contributed by atoms with Crippen LogP contribution >= 0.6 is 11.8 Å². The maximum absolute atomic E-state index is 4.51. The van der Waals surface area contributed by atoms with E-state index in [2.05, 4.69) is 54.5 Å². The van der Waals surface area contributed by atoms with E-state index in [1.54, 1.807) is 0 Å². The lowest BCUT2D eigenvalue weighted by atomic mass is 10.2. The first-order chi connectivity index (χ1) is 8.63. The third-order valence-corrected chi connectivity index (χ3v) is 3.45. The van der Waals surface area contributed by atoms with Crippen molar-refractivity contribution in [3.63, 3.8) is 0 Å². The molecule has 3 nitrogen and oxygen atoms in total. The van der Waals surface area contributed by atoms with Gasteiger partial charge in [-0.2, -0.15) is 11.8 Å². The number of aromatic nitrogens is 1. The van der Waals surface area contributed by atoms with Crippen molar-refractivity contribution in [2.75, 3.05) is 30.5 Å². The fraction of sp³-hybridized carbons (Fsp3) is 0.643. The van der Waals surface area contributed by atoms with Crippen LogP contribution in [-0.4, -0.2) is 36.6 Å². The highest BCUT2D eigenvalue weighted by atomic mass is 32.2. The second-order valence-corrected chi connectivity index (χ2v) is 5.81. The van der Waals surface area contributed by atoms with Gasteiger partial charge < -0.3 is 10.2 Å². The second-order valence-electron chi connectivity index (χ2n) is 4.83. The zero-order valence-corrected chi connectivity index (χ0v) is 12.8. The minimum absolute atomic E-state index is 0.513. The smallest absolute Gasteiger partial charge is 0.128 e. The van der Waals surface area contributed by atoms with Crippen molar-refractivity contribution in [1.82, 2.24) is 10.3 Å². The molecule has 0 fully saturated rings. The van der Waals surface area contributed by atoms with E-state index in [-0.39, 0.29) is 0 Å². The summed E-state index contributed by atoms with van der Waals surface area (Å²) >= 11 is 1.90. The molecule has 102 valence electrons. The first-order valence-corrected chi connectivity index (χ1v) is 7.91. The Morgan fingerprint density at radius 3 is 2.72 bits per heavy atom. The largest absolute Gasteiger partial charge is 0.360 e. The van der Waals surface area contributed by atoms with Crippen molar-refractivity contribution in [2.24, 2.45) is 0 Å². The van der Waals surface area contributed by atoms with Crippen LogP contribution in [0, 0.1) is 0 Å². The Hall–Kier alpha value is -0.740. The number of hydrogen-bond acceptors (Lipinski definition) is 4. The van der Waals surface area contributed by atoms with E-state index in [1.807, 2.05) is 18.0 Å². The minimum Gasteiger partial charge on any atom is -0.360 e. The molecular formula is C14H25N3S. The van der Waals surface area contributed by atoms with Gasteiger partial charge in [0.15, 0.2) is 0 Å². The summed E-state index contributed by atoms with van der Waals surface area (Å²) in [4.78, 5) is 6.73. The van der Waals surface area contributed by atoms with Gasteiger partial charge in [-0.15, -0.1) is 0 Å². The first-order valence-electron chi connectivity index (χ1n) is 6.52. The van der Waals surface area contributed by atoms with Gasteiger partial charge in [0.2, 0.25) is 0 Å². The monoisotopic (exact) mass is 267 g/mol. The first kappa shape index (κ1) is 15.3. The maximum Gasteiger partial charge on any atom is 0.128 e. The van der Waals surface area contributed by atoms with Gasteiger partial charge >= 0.3 is 0 Å². The Labute approximate surface area is 115 Å².